The molecule has 1 aliphatic carbocycles. The number of benzene rings is 1. The van der Waals surface area contributed by atoms with Crippen LogP contribution in [0.25, 0.3) is 0 Å². The molecule has 0 unspecified atom stereocenters. The SMILES string of the molecule is Cc1cccc(N2NC(C(=O)N3CC[NH+](C4CCCC4)CC3)=CCC2=O)c1. The quantitative estimate of drug-likeness (QED) is 0.828. The normalized spacial score (nSPS) is 22.0. The van der Waals surface area contributed by atoms with Crippen molar-refractivity contribution in [1.29, 1.82) is 0 Å². The Balaban J connectivity index is 1.39. The van der Waals surface area contributed by atoms with Crippen LogP contribution in [0.3, 0.4) is 0 Å². The Morgan fingerprint density at radius 2 is 1.93 bits per heavy atom. The van der Waals surface area contributed by atoms with E-state index in [1.54, 1.807) is 11.0 Å². The third kappa shape index (κ3) is 3.86. The van der Waals surface area contributed by atoms with E-state index in [9.17, 15) is 9.59 Å². The molecule has 0 aromatic heterocycles. The fourth-order valence-electron chi connectivity index (χ4n) is 4.53. The molecule has 2 aliphatic heterocycles. The number of carbonyl (C=O) groups excluding carboxylic acids is 2. The second kappa shape index (κ2) is 7.72. The number of anilines is 1. The maximum absolute atomic E-state index is 13.0. The zero-order valence-electron chi connectivity index (χ0n) is 16.0. The number of amides is 2. The van der Waals surface area contributed by atoms with Crippen LogP contribution in [0, 0.1) is 6.92 Å². The van der Waals surface area contributed by atoms with Gasteiger partial charge in [0.15, 0.2) is 0 Å². The largest absolute Gasteiger partial charge is 0.330 e. The number of hydrogen-bond donors (Lipinski definition) is 2. The molecule has 0 bridgehead atoms. The summed E-state index contributed by atoms with van der Waals surface area (Å²) in [5.41, 5.74) is 5.42. The van der Waals surface area contributed by atoms with Crippen molar-refractivity contribution in [3.8, 4) is 0 Å². The smallest absolute Gasteiger partial charge is 0.271 e. The Bertz CT molecular complexity index is 746. The van der Waals surface area contributed by atoms with Crippen LogP contribution in [0.1, 0.15) is 37.7 Å². The fourth-order valence-corrected chi connectivity index (χ4v) is 4.53. The minimum atomic E-state index is -0.0485. The van der Waals surface area contributed by atoms with E-state index < -0.39 is 0 Å². The average Bonchev–Trinajstić information content (AvgIpc) is 3.23. The van der Waals surface area contributed by atoms with E-state index in [2.05, 4.69) is 5.43 Å². The van der Waals surface area contributed by atoms with Crippen LogP contribution in [0.15, 0.2) is 36.0 Å². The monoisotopic (exact) mass is 369 g/mol. The van der Waals surface area contributed by atoms with Gasteiger partial charge in [0.05, 0.1) is 37.9 Å². The maximum atomic E-state index is 13.0. The lowest BCUT2D eigenvalue weighted by Crippen LogP contribution is -3.18. The predicted octanol–water partition coefficient (Wildman–Crippen LogP) is 0.790. The van der Waals surface area contributed by atoms with Crippen LogP contribution >= 0.6 is 0 Å². The fraction of sp³-hybridized carbons (Fsp3) is 0.524. The van der Waals surface area contributed by atoms with Gasteiger partial charge in [-0.05, 0) is 56.4 Å². The van der Waals surface area contributed by atoms with Gasteiger partial charge in [0.2, 0.25) is 5.91 Å². The minimum absolute atomic E-state index is 0.00521. The summed E-state index contributed by atoms with van der Waals surface area (Å²) in [6.45, 7) is 5.64. The molecule has 0 spiro atoms. The number of hydrazine groups is 1. The van der Waals surface area contributed by atoms with E-state index in [1.165, 1.54) is 30.7 Å². The van der Waals surface area contributed by atoms with E-state index in [1.807, 2.05) is 36.1 Å². The molecule has 2 N–H and O–H groups in total. The third-order valence-electron chi connectivity index (χ3n) is 6.08. The Hall–Kier alpha value is -2.34. The number of piperazine rings is 1. The van der Waals surface area contributed by atoms with E-state index in [0.29, 0.717) is 5.70 Å². The Morgan fingerprint density at radius 3 is 2.63 bits per heavy atom. The number of nitrogens with zero attached hydrogens (tertiary/aromatic N) is 2. The summed E-state index contributed by atoms with van der Waals surface area (Å²) in [6, 6.07) is 8.54. The Kier molecular flexibility index (Phi) is 5.16. The highest BCUT2D eigenvalue weighted by atomic mass is 16.2. The standard InChI is InChI=1S/C21H28N4O2/c1-16-5-4-8-18(15-16)25-20(26)10-9-19(22-25)21(27)24-13-11-23(12-14-24)17-6-2-3-7-17/h4-5,8-9,15,17,22H,2-3,6-7,10-14H2,1H3/p+1. The third-order valence-corrected chi connectivity index (χ3v) is 6.08. The molecule has 3 aliphatic rings. The summed E-state index contributed by atoms with van der Waals surface area (Å²) >= 11 is 0. The minimum Gasteiger partial charge on any atom is -0.330 e. The van der Waals surface area contributed by atoms with Crippen molar-refractivity contribution in [3.05, 3.63) is 41.6 Å². The van der Waals surface area contributed by atoms with Crippen LogP contribution in [0.5, 0.6) is 0 Å². The van der Waals surface area contributed by atoms with Crippen molar-refractivity contribution < 1.29 is 14.5 Å². The molecule has 0 radical (unpaired) electrons. The topological polar surface area (TPSA) is 57.1 Å². The van der Waals surface area contributed by atoms with Crippen molar-refractivity contribution in [2.45, 2.75) is 45.1 Å². The van der Waals surface area contributed by atoms with Crippen molar-refractivity contribution in [1.82, 2.24) is 10.3 Å². The van der Waals surface area contributed by atoms with Gasteiger partial charge in [-0.25, -0.2) is 5.01 Å². The zero-order valence-corrected chi connectivity index (χ0v) is 16.0. The molecule has 1 saturated heterocycles. The van der Waals surface area contributed by atoms with Gasteiger partial charge < -0.3 is 9.80 Å². The first-order chi connectivity index (χ1) is 13.1. The summed E-state index contributed by atoms with van der Waals surface area (Å²) in [5, 5.41) is 1.50. The van der Waals surface area contributed by atoms with Crippen molar-refractivity contribution in [3.63, 3.8) is 0 Å². The lowest BCUT2D eigenvalue weighted by atomic mass is 10.1. The molecule has 1 aromatic carbocycles. The number of carbonyl (C=O) groups is 2. The molecule has 1 aromatic rings. The summed E-state index contributed by atoms with van der Waals surface area (Å²) in [7, 11) is 0. The lowest BCUT2D eigenvalue weighted by molar-refractivity contribution is -0.928. The van der Waals surface area contributed by atoms with Gasteiger partial charge in [-0.2, -0.15) is 0 Å². The molecule has 2 heterocycles. The summed E-state index contributed by atoms with van der Waals surface area (Å²) in [5.74, 6) is -0.0433. The van der Waals surface area contributed by atoms with Crippen LogP contribution in [0.4, 0.5) is 5.69 Å². The van der Waals surface area contributed by atoms with Gasteiger partial charge in [0.1, 0.15) is 5.70 Å². The molecule has 2 amide bonds. The molecule has 1 saturated carbocycles. The first-order valence-corrected chi connectivity index (χ1v) is 10.1. The molecule has 144 valence electrons. The first kappa shape index (κ1) is 18.0. The van der Waals surface area contributed by atoms with Crippen LogP contribution in [-0.4, -0.2) is 48.9 Å². The highest BCUT2D eigenvalue weighted by Gasteiger charge is 2.33. The van der Waals surface area contributed by atoms with Gasteiger partial charge in [-0.1, -0.05) is 12.1 Å². The van der Waals surface area contributed by atoms with E-state index in [4.69, 9.17) is 0 Å². The van der Waals surface area contributed by atoms with Crippen LogP contribution in [-0.2, 0) is 9.59 Å². The van der Waals surface area contributed by atoms with Crippen molar-refractivity contribution in [2.24, 2.45) is 0 Å². The Morgan fingerprint density at radius 1 is 1.19 bits per heavy atom. The van der Waals surface area contributed by atoms with Gasteiger partial charge >= 0.3 is 0 Å². The molecule has 2 fully saturated rings. The van der Waals surface area contributed by atoms with Gasteiger partial charge in [-0.15, -0.1) is 0 Å². The molecule has 6 heteroatoms. The summed E-state index contributed by atoms with van der Waals surface area (Å²) < 4.78 is 0. The number of aryl methyl sites for hydroxylation is 1. The molecular weight excluding hydrogens is 340 g/mol. The van der Waals surface area contributed by atoms with Crippen molar-refractivity contribution >= 4 is 17.5 Å². The highest BCUT2D eigenvalue weighted by molar-refractivity contribution is 6.01. The number of hydrogen-bond acceptors (Lipinski definition) is 3. The maximum Gasteiger partial charge on any atom is 0.271 e. The van der Waals surface area contributed by atoms with E-state index >= 15 is 0 Å². The second-order valence-electron chi connectivity index (χ2n) is 7.93. The van der Waals surface area contributed by atoms with Gasteiger partial charge in [0.25, 0.3) is 5.91 Å². The molecule has 27 heavy (non-hydrogen) atoms. The Labute approximate surface area is 160 Å². The summed E-state index contributed by atoms with van der Waals surface area (Å²) in [4.78, 5) is 28.9. The van der Waals surface area contributed by atoms with Gasteiger partial charge in [-0.3, -0.25) is 15.0 Å². The van der Waals surface area contributed by atoms with E-state index in [0.717, 1.165) is 43.5 Å². The molecule has 6 nitrogen and oxygen atoms in total. The number of quaternary nitrogens is 1. The highest BCUT2D eigenvalue weighted by Crippen LogP contribution is 2.20. The van der Waals surface area contributed by atoms with Crippen LogP contribution in [0.2, 0.25) is 0 Å². The van der Waals surface area contributed by atoms with Crippen LogP contribution < -0.4 is 15.3 Å². The van der Waals surface area contributed by atoms with Gasteiger partial charge in [0, 0.05) is 6.42 Å². The lowest BCUT2D eigenvalue weighted by Gasteiger charge is -2.37. The molecule has 4 rings (SSSR count). The first-order valence-electron chi connectivity index (χ1n) is 10.1. The summed E-state index contributed by atoms with van der Waals surface area (Å²) in [6.07, 6.45) is 7.36. The van der Waals surface area contributed by atoms with Crippen molar-refractivity contribution in [2.75, 3.05) is 31.2 Å². The molecule has 0 atom stereocenters. The zero-order chi connectivity index (χ0) is 18.8. The second-order valence-corrected chi connectivity index (χ2v) is 7.93. The predicted molar refractivity (Wildman–Crippen MR) is 104 cm³/mol. The van der Waals surface area contributed by atoms with E-state index in [-0.39, 0.29) is 18.2 Å². The molecular formula is C21H29N4O2+. The number of rotatable bonds is 3. The average molecular weight is 369 g/mol. The number of nitrogens with one attached hydrogen (secondary N) is 2.